The fourth-order valence-corrected chi connectivity index (χ4v) is 4.93. The minimum atomic E-state index is -0.492. The summed E-state index contributed by atoms with van der Waals surface area (Å²) in [5.74, 6) is 1.65. The molecule has 1 heterocycles. The summed E-state index contributed by atoms with van der Waals surface area (Å²) >= 11 is 0. The second kappa shape index (κ2) is 5.82. The van der Waals surface area contributed by atoms with Crippen molar-refractivity contribution in [2.24, 2.45) is 23.7 Å². The summed E-state index contributed by atoms with van der Waals surface area (Å²) in [6.45, 7) is 9.13. The van der Waals surface area contributed by atoms with Gasteiger partial charge in [0, 0.05) is 24.7 Å². The molecule has 2 aliphatic carbocycles. The zero-order valence-electron chi connectivity index (χ0n) is 14.2. The molecule has 1 atom stereocenters. The monoisotopic (exact) mass is 296 g/mol. The molecule has 0 amide bonds. The number of ether oxygens (including phenoxy) is 1. The Balaban J connectivity index is 1.81. The van der Waals surface area contributed by atoms with Crippen LogP contribution in [-0.4, -0.2) is 11.6 Å². The first kappa shape index (κ1) is 15.8. The van der Waals surface area contributed by atoms with Crippen LogP contribution in [0.3, 0.4) is 0 Å². The van der Waals surface area contributed by atoms with Crippen molar-refractivity contribution in [1.82, 2.24) is 0 Å². The van der Waals surface area contributed by atoms with E-state index in [-0.39, 0.29) is 0 Å². The second-order valence-corrected chi connectivity index (χ2v) is 7.90. The van der Waals surface area contributed by atoms with E-state index in [2.05, 4.69) is 27.7 Å². The average molecular weight is 296 g/mol. The van der Waals surface area contributed by atoms with Crippen molar-refractivity contribution in [3.63, 3.8) is 0 Å². The van der Waals surface area contributed by atoms with Crippen molar-refractivity contribution in [3.8, 4) is 0 Å². The van der Waals surface area contributed by atoms with E-state index in [0.717, 1.165) is 31.1 Å². The molecule has 0 aromatic rings. The molecule has 0 aromatic carbocycles. The third-order valence-corrected chi connectivity index (χ3v) is 6.00. The van der Waals surface area contributed by atoms with E-state index in [0.29, 0.717) is 11.8 Å². The standard InChI is InChI=1S/C18H32O3/c1-5-7-8-17(6-2)19-18(21-20-17)15-9-13(3)10-16(18)12-14(4)11-15/h13-16H,5-12H2,1-4H3. The topological polar surface area (TPSA) is 27.7 Å². The van der Waals surface area contributed by atoms with Crippen molar-refractivity contribution in [3.05, 3.63) is 0 Å². The van der Waals surface area contributed by atoms with Crippen molar-refractivity contribution in [2.75, 3.05) is 0 Å². The maximum atomic E-state index is 6.65. The van der Waals surface area contributed by atoms with Crippen LogP contribution in [0.15, 0.2) is 0 Å². The Bertz CT molecular complexity index is 339. The summed E-state index contributed by atoms with van der Waals surface area (Å²) in [4.78, 5) is 11.9. The van der Waals surface area contributed by atoms with E-state index in [9.17, 15) is 0 Å². The Labute approximate surface area is 129 Å². The zero-order chi connectivity index (χ0) is 15.1. The van der Waals surface area contributed by atoms with Crippen LogP contribution >= 0.6 is 0 Å². The van der Waals surface area contributed by atoms with E-state index >= 15 is 0 Å². The van der Waals surface area contributed by atoms with Gasteiger partial charge in [-0.05, 0) is 43.9 Å². The minimum Gasteiger partial charge on any atom is -0.312 e. The fourth-order valence-electron chi connectivity index (χ4n) is 4.93. The van der Waals surface area contributed by atoms with Crippen LogP contribution in [0.1, 0.15) is 79.1 Å². The fraction of sp³-hybridized carbons (Fsp3) is 1.00. The third kappa shape index (κ3) is 2.66. The average Bonchev–Trinajstić information content (AvgIpc) is 2.81. The van der Waals surface area contributed by atoms with Crippen LogP contribution in [0.4, 0.5) is 0 Å². The number of unbranched alkanes of at least 4 members (excludes halogenated alkanes) is 1. The lowest BCUT2D eigenvalue weighted by molar-refractivity contribution is -0.384. The van der Waals surface area contributed by atoms with E-state index in [1.54, 1.807) is 0 Å². The molecule has 21 heavy (non-hydrogen) atoms. The van der Waals surface area contributed by atoms with Crippen molar-refractivity contribution < 1.29 is 14.5 Å². The van der Waals surface area contributed by atoms with Gasteiger partial charge in [-0.25, -0.2) is 0 Å². The summed E-state index contributed by atoms with van der Waals surface area (Å²) in [5.41, 5.74) is 0. The van der Waals surface area contributed by atoms with Gasteiger partial charge in [-0.15, -0.1) is 0 Å². The lowest BCUT2D eigenvalue weighted by atomic mass is 9.61. The smallest absolute Gasteiger partial charge is 0.210 e. The van der Waals surface area contributed by atoms with Gasteiger partial charge in [-0.1, -0.05) is 34.1 Å². The predicted molar refractivity (Wildman–Crippen MR) is 82.3 cm³/mol. The molecule has 2 bridgehead atoms. The molecule has 2 saturated carbocycles. The molecule has 1 saturated heterocycles. The van der Waals surface area contributed by atoms with Crippen LogP contribution in [-0.2, 0) is 14.5 Å². The summed E-state index contributed by atoms with van der Waals surface area (Å²) in [5, 5.41) is 0. The lowest BCUT2D eigenvalue weighted by Crippen LogP contribution is -2.55. The molecule has 0 N–H and O–H groups in total. The van der Waals surface area contributed by atoms with Crippen LogP contribution in [0.25, 0.3) is 0 Å². The molecule has 1 aliphatic heterocycles. The Morgan fingerprint density at radius 3 is 1.95 bits per heavy atom. The highest BCUT2D eigenvalue weighted by Gasteiger charge is 2.63. The summed E-state index contributed by atoms with van der Waals surface area (Å²) < 4.78 is 6.65. The maximum Gasteiger partial charge on any atom is 0.210 e. The van der Waals surface area contributed by atoms with Gasteiger partial charge in [0.1, 0.15) is 0 Å². The number of hydrogen-bond acceptors (Lipinski definition) is 3. The highest BCUT2D eigenvalue weighted by atomic mass is 17.3. The van der Waals surface area contributed by atoms with Gasteiger partial charge in [0.25, 0.3) is 0 Å². The molecule has 0 radical (unpaired) electrons. The minimum absolute atomic E-state index is 0.442. The molecule has 3 nitrogen and oxygen atoms in total. The molecule has 1 spiro atoms. The Hall–Kier alpha value is -0.120. The van der Waals surface area contributed by atoms with Crippen molar-refractivity contribution in [2.45, 2.75) is 90.6 Å². The first-order valence-electron chi connectivity index (χ1n) is 9.10. The van der Waals surface area contributed by atoms with Crippen LogP contribution < -0.4 is 0 Å². The van der Waals surface area contributed by atoms with Gasteiger partial charge in [0.2, 0.25) is 11.6 Å². The molecule has 3 aliphatic rings. The molecule has 3 rings (SSSR count). The van der Waals surface area contributed by atoms with Gasteiger partial charge < -0.3 is 4.74 Å². The van der Waals surface area contributed by atoms with E-state index < -0.39 is 11.6 Å². The molecule has 122 valence electrons. The summed E-state index contributed by atoms with van der Waals surface area (Å²) in [6.07, 6.45) is 9.01. The SMILES string of the molecule is CCCCC1(CC)OOC2(O1)C1CC(C)CC2CC(C)C1. The second-order valence-electron chi connectivity index (χ2n) is 7.90. The Kier molecular flexibility index (Phi) is 4.37. The van der Waals surface area contributed by atoms with Crippen LogP contribution in [0.5, 0.6) is 0 Å². The summed E-state index contributed by atoms with van der Waals surface area (Å²) in [6, 6.07) is 0. The normalized spacial score (nSPS) is 49.7. The maximum absolute atomic E-state index is 6.65. The molecule has 3 fully saturated rings. The number of hydrogen-bond donors (Lipinski definition) is 0. The zero-order valence-corrected chi connectivity index (χ0v) is 14.2. The van der Waals surface area contributed by atoms with Gasteiger partial charge in [0.15, 0.2) is 0 Å². The predicted octanol–water partition coefficient (Wildman–Crippen LogP) is 5.05. The van der Waals surface area contributed by atoms with Crippen LogP contribution in [0, 0.1) is 23.7 Å². The highest BCUT2D eigenvalue weighted by Crippen LogP contribution is 2.58. The van der Waals surface area contributed by atoms with E-state index in [4.69, 9.17) is 14.5 Å². The van der Waals surface area contributed by atoms with Gasteiger partial charge >= 0.3 is 0 Å². The highest BCUT2D eigenvalue weighted by molar-refractivity contribution is 5.00. The molecular formula is C18H32O3. The molecule has 0 aromatic heterocycles. The van der Waals surface area contributed by atoms with Crippen molar-refractivity contribution in [1.29, 1.82) is 0 Å². The first-order chi connectivity index (χ1) is 10.0. The number of rotatable bonds is 4. The Morgan fingerprint density at radius 1 is 0.905 bits per heavy atom. The van der Waals surface area contributed by atoms with E-state index in [1.807, 2.05) is 0 Å². The summed E-state index contributed by atoms with van der Waals surface area (Å²) in [7, 11) is 0. The van der Waals surface area contributed by atoms with Gasteiger partial charge in [-0.3, -0.25) is 0 Å². The molecule has 3 heteroatoms. The first-order valence-corrected chi connectivity index (χ1v) is 9.10. The van der Waals surface area contributed by atoms with Gasteiger partial charge in [-0.2, -0.15) is 9.78 Å². The Morgan fingerprint density at radius 2 is 1.48 bits per heavy atom. The van der Waals surface area contributed by atoms with E-state index in [1.165, 1.54) is 32.1 Å². The largest absolute Gasteiger partial charge is 0.312 e. The molecular weight excluding hydrogens is 264 g/mol. The third-order valence-electron chi connectivity index (χ3n) is 6.00. The molecule has 1 unspecified atom stereocenters. The lowest BCUT2D eigenvalue weighted by Gasteiger charge is -2.51. The van der Waals surface area contributed by atoms with Crippen molar-refractivity contribution >= 4 is 0 Å². The van der Waals surface area contributed by atoms with Gasteiger partial charge in [0.05, 0.1) is 0 Å². The van der Waals surface area contributed by atoms with Crippen LogP contribution in [0.2, 0.25) is 0 Å². The quantitative estimate of drug-likeness (QED) is 0.679.